The number of hydrogen-bond donors (Lipinski definition) is 6. The average molecular weight is 1280 g/mol. The van der Waals surface area contributed by atoms with E-state index in [0.717, 1.165) is 38.9 Å². The van der Waals surface area contributed by atoms with E-state index in [2.05, 4.69) is 136 Å². The number of aryl methyl sites for hydroxylation is 3. The summed E-state index contributed by atoms with van der Waals surface area (Å²) in [4.78, 5) is 38.1. The van der Waals surface area contributed by atoms with E-state index in [1.807, 2.05) is 62.3 Å². The van der Waals surface area contributed by atoms with Crippen molar-refractivity contribution in [1.82, 2.24) is 45.6 Å². The molecule has 87 heavy (non-hydrogen) atoms. The highest BCUT2D eigenvalue weighted by Crippen LogP contribution is 2.28. The van der Waals surface area contributed by atoms with Gasteiger partial charge >= 0.3 is 44.5 Å². The van der Waals surface area contributed by atoms with Crippen LogP contribution in [0.1, 0.15) is 134 Å². The second-order valence-electron chi connectivity index (χ2n) is 21.1. The molecule has 0 saturated carbocycles. The van der Waals surface area contributed by atoms with E-state index in [-0.39, 0.29) is 18.1 Å². The number of urea groups is 3. The Kier molecular flexibility index (Phi) is 35.3. The number of imidazole rings is 3. The summed E-state index contributed by atoms with van der Waals surface area (Å²) >= 11 is 0. The van der Waals surface area contributed by atoms with Gasteiger partial charge in [-0.15, -0.1) is 0 Å². The molecule has 1 aromatic carbocycles. The largest absolute Gasteiger partial charge is 0.500 e. The first-order valence-electron chi connectivity index (χ1n) is 32.1. The third-order valence-electron chi connectivity index (χ3n) is 14.7. The standard InChI is InChI=1S/C60H108N12O12Si3/c1-13-76-85(77-14-2,78-15-3)43-25-31-64-58(73)61-28-22-34-67-37-40-70(49-67)46-55-52(10)56(47-71-41-38-68(50-71)35-23-29-62-59(74)65-32-26-44-86(79-16-4,80-17-5)81-18-6)54(12)57(53(55)11)48-72-42-39-69(51-72)36-24-30-63-60(75)66-33-27-45-87(82-19-7,83-20-8)84-21-9/h37-42,49-51H,13-36,43-48H2,1-12H3,(H3-3,61,62,63,64,65,66,73,74,75)/p+3. The Morgan fingerprint density at radius 2 is 0.563 bits per heavy atom. The summed E-state index contributed by atoms with van der Waals surface area (Å²) in [7, 11) is -8.26. The number of carbonyl (C=O) groups is 3. The zero-order valence-corrected chi connectivity index (χ0v) is 58.0. The van der Waals surface area contributed by atoms with Gasteiger partial charge in [0.25, 0.3) is 0 Å². The van der Waals surface area contributed by atoms with Crippen LogP contribution in [-0.4, -0.2) is 157 Å². The first-order chi connectivity index (χ1) is 42.1. The van der Waals surface area contributed by atoms with E-state index in [9.17, 15) is 14.4 Å². The van der Waals surface area contributed by atoms with Crippen molar-refractivity contribution in [2.45, 2.75) is 179 Å². The van der Waals surface area contributed by atoms with E-state index in [0.29, 0.717) is 156 Å². The van der Waals surface area contributed by atoms with Crippen LogP contribution in [0, 0.1) is 20.8 Å². The Bertz CT molecular complexity index is 2240. The quantitative estimate of drug-likeness (QED) is 0.0160. The predicted octanol–water partition coefficient (Wildman–Crippen LogP) is 6.41. The van der Waals surface area contributed by atoms with Crippen molar-refractivity contribution in [3.63, 3.8) is 0 Å². The molecule has 0 aliphatic carbocycles. The lowest BCUT2D eigenvalue weighted by atomic mass is 9.87. The number of amides is 6. The molecule has 0 saturated heterocycles. The second kappa shape index (κ2) is 41.3. The lowest BCUT2D eigenvalue weighted by Crippen LogP contribution is -2.46. The van der Waals surface area contributed by atoms with Crippen LogP contribution >= 0.6 is 0 Å². The summed E-state index contributed by atoms with van der Waals surface area (Å²) in [6, 6.07) is 1.36. The molecule has 0 bridgehead atoms. The van der Waals surface area contributed by atoms with E-state index in [4.69, 9.17) is 39.8 Å². The summed E-state index contributed by atoms with van der Waals surface area (Å²) < 4.78 is 66.9. The zero-order chi connectivity index (χ0) is 63.3. The third kappa shape index (κ3) is 26.1. The van der Waals surface area contributed by atoms with Crippen LogP contribution in [-0.2, 0) is 79.1 Å². The minimum absolute atomic E-state index is 0.190. The van der Waals surface area contributed by atoms with Crippen molar-refractivity contribution in [1.29, 1.82) is 0 Å². The highest BCUT2D eigenvalue weighted by Gasteiger charge is 2.41. The molecule has 0 unspecified atom stereocenters. The number of rotatable bonds is 48. The lowest BCUT2D eigenvalue weighted by Gasteiger charge is -2.28. The van der Waals surface area contributed by atoms with Gasteiger partial charge in [0.05, 0.1) is 19.6 Å². The van der Waals surface area contributed by atoms with Crippen molar-refractivity contribution in [3.05, 3.63) is 89.5 Å². The van der Waals surface area contributed by atoms with Gasteiger partial charge in [0.2, 0.25) is 19.0 Å². The molecule has 0 radical (unpaired) electrons. The number of carbonyl (C=O) groups excluding carboxylic acids is 3. The second-order valence-corrected chi connectivity index (χ2v) is 29.3. The lowest BCUT2D eigenvalue weighted by molar-refractivity contribution is -0.690. The van der Waals surface area contributed by atoms with Gasteiger partial charge in [-0.3, -0.25) is 0 Å². The molecule has 4 aromatic rings. The molecule has 0 spiro atoms. The van der Waals surface area contributed by atoms with Crippen LogP contribution in [0.3, 0.4) is 0 Å². The van der Waals surface area contributed by atoms with Gasteiger partial charge in [0, 0.05) is 153 Å². The van der Waals surface area contributed by atoms with E-state index in [1.165, 1.54) is 33.4 Å². The van der Waals surface area contributed by atoms with Crippen molar-refractivity contribution >= 4 is 44.5 Å². The normalized spacial score (nSPS) is 12.0. The van der Waals surface area contributed by atoms with Gasteiger partial charge in [-0.1, -0.05) is 0 Å². The van der Waals surface area contributed by atoms with Crippen LogP contribution in [0.5, 0.6) is 0 Å². The third-order valence-corrected chi connectivity index (χ3v) is 24.2. The van der Waals surface area contributed by atoms with Gasteiger partial charge in [0.15, 0.2) is 0 Å². The summed E-state index contributed by atoms with van der Waals surface area (Å²) in [5, 5.41) is 18.0. The van der Waals surface area contributed by atoms with Crippen LogP contribution in [0.15, 0.2) is 56.2 Å². The Morgan fingerprint density at radius 1 is 0.356 bits per heavy atom. The maximum atomic E-state index is 12.7. The molecular weight excluding hydrogens is 1160 g/mol. The number of nitrogens with zero attached hydrogens (tertiary/aromatic N) is 6. The minimum Gasteiger partial charge on any atom is -0.374 e. The highest BCUT2D eigenvalue weighted by molar-refractivity contribution is 6.61. The molecule has 0 aliphatic rings. The molecule has 27 heteroatoms. The monoisotopic (exact) mass is 1280 g/mol. The fourth-order valence-corrected chi connectivity index (χ4v) is 18.6. The van der Waals surface area contributed by atoms with E-state index < -0.39 is 26.4 Å². The Morgan fingerprint density at radius 3 is 0.770 bits per heavy atom. The molecule has 6 amide bonds. The highest BCUT2D eigenvalue weighted by atomic mass is 28.4. The smallest absolute Gasteiger partial charge is 0.374 e. The topological polar surface area (TPSA) is 233 Å². The van der Waals surface area contributed by atoms with Crippen LogP contribution in [0.2, 0.25) is 18.1 Å². The van der Waals surface area contributed by atoms with Crippen LogP contribution in [0.25, 0.3) is 0 Å². The zero-order valence-electron chi connectivity index (χ0n) is 55.0. The molecule has 3 aromatic heterocycles. The molecule has 0 fully saturated rings. The number of nitrogens with one attached hydrogen (secondary N) is 6. The van der Waals surface area contributed by atoms with E-state index >= 15 is 0 Å². The maximum absolute atomic E-state index is 12.7. The summed E-state index contributed by atoms with van der Waals surface area (Å²) in [6.07, 6.45) is 23.5. The fraction of sp³-hybridized carbons (Fsp3) is 0.700. The molecule has 0 aliphatic heterocycles. The van der Waals surface area contributed by atoms with Gasteiger partial charge in [0.1, 0.15) is 56.8 Å². The van der Waals surface area contributed by atoms with Crippen molar-refractivity contribution in [3.8, 4) is 0 Å². The molecule has 4 rings (SSSR count). The summed E-state index contributed by atoms with van der Waals surface area (Å²) in [5.74, 6) is 0. The van der Waals surface area contributed by atoms with Gasteiger partial charge in [-0.2, -0.15) is 0 Å². The number of hydrogen-bond acceptors (Lipinski definition) is 12. The summed E-state index contributed by atoms with van der Waals surface area (Å²) in [5.41, 5.74) is 7.63. The first kappa shape index (κ1) is 74.4. The maximum Gasteiger partial charge on any atom is 0.500 e. The molecule has 0 atom stereocenters. The SMILES string of the molecule is CCO[Si](CCCNC(=O)NCCCn1cc[n+](Cc2c(C)c(C[n+]3ccn(CCCNC(=O)NCCC[Si](OCC)(OCC)OCC)c3)c(C)c(C[n+]3ccn(CCCNC(=O)NCCC[Si](OCC)(OCC)OCC)c3)c2C)c1)(OCC)OCC. The van der Waals surface area contributed by atoms with Gasteiger partial charge in [-0.05, 0) is 119 Å². The summed E-state index contributed by atoms with van der Waals surface area (Å²) in [6.45, 7) is 36.4. The van der Waals surface area contributed by atoms with Crippen molar-refractivity contribution in [2.24, 2.45) is 0 Å². The van der Waals surface area contributed by atoms with Gasteiger partial charge < -0.3 is 71.7 Å². The van der Waals surface area contributed by atoms with Crippen molar-refractivity contribution in [2.75, 3.05) is 98.7 Å². The van der Waals surface area contributed by atoms with E-state index in [1.54, 1.807) is 0 Å². The van der Waals surface area contributed by atoms with Crippen LogP contribution < -0.4 is 45.6 Å². The predicted molar refractivity (Wildman–Crippen MR) is 340 cm³/mol. The molecule has 492 valence electrons. The Balaban J connectivity index is 1.39. The Hall–Kier alpha value is -5.05. The molecule has 3 heterocycles. The number of aromatic nitrogens is 6. The van der Waals surface area contributed by atoms with Crippen molar-refractivity contribution < 1.29 is 67.9 Å². The number of benzene rings is 1. The fourth-order valence-electron chi connectivity index (χ4n) is 10.7. The van der Waals surface area contributed by atoms with Gasteiger partial charge in [-0.25, -0.2) is 41.8 Å². The first-order valence-corrected chi connectivity index (χ1v) is 37.9. The molecule has 6 N–H and O–H groups in total. The Labute approximate surface area is 523 Å². The molecular formula is C60H111N12O12Si3+3. The van der Waals surface area contributed by atoms with Crippen LogP contribution in [0.4, 0.5) is 14.4 Å². The average Bonchev–Trinajstić information content (AvgIpc) is 2.13. The minimum atomic E-state index is -2.75. The molecule has 24 nitrogen and oxygen atoms in total.